The minimum atomic E-state index is -0.596. The molecule has 0 saturated carbocycles. The third-order valence-corrected chi connectivity index (χ3v) is 6.27. The highest BCUT2D eigenvalue weighted by atomic mass is 35.5. The van der Waals surface area contributed by atoms with Crippen molar-refractivity contribution in [2.24, 2.45) is 10.7 Å². The van der Waals surface area contributed by atoms with Gasteiger partial charge >= 0.3 is 0 Å². The van der Waals surface area contributed by atoms with Gasteiger partial charge in [0.15, 0.2) is 23.3 Å². The lowest BCUT2D eigenvalue weighted by Gasteiger charge is -2.15. The second-order valence-corrected chi connectivity index (χ2v) is 9.15. The van der Waals surface area contributed by atoms with Crippen LogP contribution in [0.4, 0.5) is 11.4 Å². The number of amidine groups is 1. The highest BCUT2D eigenvalue weighted by Crippen LogP contribution is 2.38. The van der Waals surface area contributed by atoms with Gasteiger partial charge in [0.1, 0.15) is 0 Å². The number of benzene rings is 3. The molecular formula is C25H19Cl2N3O4S. The molecular weight excluding hydrogens is 509 g/mol. The molecule has 3 aromatic carbocycles. The van der Waals surface area contributed by atoms with Crippen molar-refractivity contribution in [1.29, 1.82) is 0 Å². The number of hydrogen-bond donors (Lipinski definition) is 1. The Morgan fingerprint density at radius 1 is 1.03 bits per heavy atom. The smallest absolute Gasteiger partial charge is 0.271 e. The first-order valence-electron chi connectivity index (χ1n) is 10.3. The number of primary amides is 1. The summed E-state index contributed by atoms with van der Waals surface area (Å²) < 4.78 is 10.7. The molecule has 0 bridgehead atoms. The van der Waals surface area contributed by atoms with Crippen molar-refractivity contribution >= 4 is 69.4 Å². The van der Waals surface area contributed by atoms with Crippen LogP contribution in [0, 0.1) is 0 Å². The van der Waals surface area contributed by atoms with Crippen LogP contribution in [0.25, 0.3) is 6.08 Å². The van der Waals surface area contributed by atoms with E-state index >= 15 is 0 Å². The molecule has 2 amide bonds. The van der Waals surface area contributed by atoms with Gasteiger partial charge in [0.25, 0.3) is 11.8 Å². The summed E-state index contributed by atoms with van der Waals surface area (Å²) in [4.78, 5) is 31.1. The molecule has 0 unspecified atom stereocenters. The molecule has 10 heteroatoms. The Labute approximate surface area is 216 Å². The Morgan fingerprint density at radius 3 is 2.31 bits per heavy atom. The Balaban J connectivity index is 1.70. The zero-order valence-corrected chi connectivity index (χ0v) is 20.7. The average molecular weight is 528 g/mol. The zero-order chi connectivity index (χ0) is 24.9. The van der Waals surface area contributed by atoms with Gasteiger partial charge in [-0.05, 0) is 84.1 Å². The molecule has 7 nitrogen and oxygen atoms in total. The first-order chi connectivity index (χ1) is 16.8. The maximum absolute atomic E-state index is 13.4. The van der Waals surface area contributed by atoms with Crippen LogP contribution in [0.2, 0.25) is 10.0 Å². The van der Waals surface area contributed by atoms with Gasteiger partial charge in [-0.1, -0.05) is 29.3 Å². The van der Waals surface area contributed by atoms with Crippen molar-refractivity contribution in [2.45, 2.75) is 0 Å². The lowest BCUT2D eigenvalue weighted by molar-refractivity contribution is -0.120. The number of rotatable bonds is 7. The fourth-order valence-corrected chi connectivity index (χ4v) is 4.44. The molecule has 0 atom stereocenters. The fourth-order valence-electron chi connectivity index (χ4n) is 3.19. The number of ether oxygens (including phenoxy) is 2. The molecule has 0 aliphatic carbocycles. The summed E-state index contributed by atoms with van der Waals surface area (Å²) in [5, 5.41) is 1.64. The molecule has 0 aromatic heterocycles. The van der Waals surface area contributed by atoms with Crippen LogP contribution in [0.3, 0.4) is 0 Å². The van der Waals surface area contributed by atoms with Gasteiger partial charge in [0.05, 0.1) is 23.4 Å². The highest BCUT2D eigenvalue weighted by Gasteiger charge is 2.34. The number of nitrogens with two attached hydrogens (primary N) is 1. The molecule has 1 fully saturated rings. The van der Waals surface area contributed by atoms with E-state index in [1.807, 2.05) is 0 Å². The molecule has 0 radical (unpaired) electrons. The second-order valence-electron chi connectivity index (χ2n) is 7.26. The van der Waals surface area contributed by atoms with Crippen molar-refractivity contribution in [2.75, 3.05) is 18.6 Å². The van der Waals surface area contributed by atoms with E-state index in [1.165, 1.54) is 23.8 Å². The summed E-state index contributed by atoms with van der Waals surface area (Å²) in [5.41, 5.74) is 7.14. The third kappa shape index (κ3) is 5.97. The summed E-state index contributed by atoms with van der Waals surface area (Å²) in [5.74, 6) is -0.0636. The maximum Gasteiger partial charge on any atom is 0.271 e. The largest absolute Gasteiger partial charge is 0.493 e. The molecule has 4 rings (SSSR count). The van der Waals surface area contributed by atoms with E-state index in [4.69, 9.17) is 38.4 Å². The molecule has 35 heavy (non-hydrogen) atoms. The van der Waals surface area contributed by atoms with Gasteiger partial charge in [-0.2, -0.15) is 0 Å². The van der Waals surface area contributed by atoms with Gasteiger partial charge < -0.3 is 15.2 Å². The van der Waals surface area contributed by atoms with Crippen LogP contribution in [0.15, 0.2) is 76.6 Å². The number of halogens is 2. The second kappa shape index (κ2) is 10.9. The van der Waals surface area contributed by atoms with E-state index < -0.39 is 5.91 Å². The van der Waals surface area contributed by atoms with E-state index in [9.17, 15) is 9.59 Å². The Hall–Kier alpha value is -3.46. The number of methoxy groups -OCH3 is 1. The van der Waals surface area contributed by atoms with Crippen molar-refractivity contribution in [3.63, 3.8) is 0 Å². The summed E-state index contributed by atoms with van der Waals surface area (Å²) in [7, 11) is 1.48. The van der Waals surface area contributed by atoms with E-state index in [0.29, 0.717) is 48.6 Å². The van der Waals surface area contributed by atoms with Gasteiger partial charge in [0.2, 0.25) is 0 Å². The van der Waals surface area contributed by atoms with Crippen molar-refractivity contribution in [1.82, 2.24) is 0 Å². The SMILES string of the molecule is COc1cc(/C=C2\SC(=Nc3ccc(Cl)cc3)N(c3ccc(Cl)cc3)C2=O)ccc1OCC(N)=O. The highest BCUT2D eigenvalue weighted by molar-refractivity contribution is 8.19. The number of carbonyl (C=O) groups excluding carboxylic acids is 2. The molecule has 2 N–H and O–H groups in total. The van der Waals surface area contributed by atoms with Gasteiger partial charge in [-0.3, -0.25) is 14.5 Å². The van der Waals surface area contributed by atoms with Crippen LogP contribution in [-0.2, 0) is 9.59 Å². The first kappa shape index (κ1) is 24.7. The zero-order valence-electron chi connectivity index (χ0n) is 18.4. The lowest BCUT2D eigenvalue weighted by Crippen LogP contribution is -2.28. The topological polar surface area (TPSA) is 94.2 Å². The summed E-state index contributed by atoms with van der Waals surface area (Å²) in [6.07, 6.45) is 1.74. The van der Waals surface area contributed by atoms with E-state index in [2.05, 4.69) is 4.99 Å². The van der Waals surface area contributed by atoms with Crippen LogP contribution in [0.5, 0.6) is 11.5 Å². The standard InChI is InChI=1S/C25H19Cl2N3O4S/c1-33-21-12-15(2-11-20(21)34-14-23(28)31)13-22-24(32)30(19-9-5-17(27)6-10-19)25(35-22)29-18-7-3-16(26)4-8-18/h2-13H,14H2,1H3,(H2,28,31)/b22-13-,29-25?. The van der Waals surface area contributed by atoms with E-state index in [1.54, 1.807) is 72.8 Å². The molecule has 1 heterocycles. The van der Waals surface area contributed by atoms with Crippen LogP contribution in [0.1, 0.15) is 5.56 Å². The summed E-state index contributed by atoms with van der Waals surface area (Å²) in [6, 6.07) is 19.1. The first-order valence-corrected chi connectivity index (χ1v) is 11.8. The molecule has 1 saturated heterocycles. The number of carbonyl (C=O) groups is 2. The average Bonchev–Trinajstić information content (AvgIpc) is 3.14. The lowest BCUT2D eigenvalue weighted by atomic mass is 10.2. The minimum absolute atomic E-state index is 0.238. The maximum atomic E-state index is 13.4. The van der Waals surface area contributed by atoms with Crippen LogP contribution >= 0.6 is 35.0 Å². The predicted molar refractivity (Wildman–Crippen MR) is 141 cm³/mol. The molecule has 1 aliphatic rings. The van der Waals surface area contributed by atoms with Gasteiger partial charge in [-0.25, -0.2) is 4.99 Å². The number of thioether (sulfide) groups is 1. The Kier molecular flexibility index (Phi) is 7.65. The number of aliphatic imine (C=N–C) groups is 1. The molecule has 3 aromatic rings. The Bertz CT molecular complexity index is 1330. The van der Waals surface area contributed by atoms with Crippen LogP contribution in [-0.4, -0.2) is 30.7 Å². The molecule has 178 valence electrons. The Morgan fingerprint density at radius 2 is 1.69 bits per heavy atom. The normalized spacial score (nSPS) is 15.6. The van der Waals surface area contributed by atoms with Gasteiger partial charge in [0, 0.05) is 10.0 Å². The third-order valence-electron chi connectivity index (χ3n) is 4.80. The molecule has 1 aliphatic heterocycles. The summed E-state index contributed by atoms with van der Waals surface area (Å²) >= 11 is 13.3. The van der Waals surface area contributed by atoms with Crippen LogP contribution < -0.4 is 20.1 Å². The van der Waals surface area contributed by atoms with Crippen molar-refractivity contribution in [3.8, 4) is 11.5 Å². The van der Waals surface area contributed by atoms with Crippen molar-refractivity contribution in [3.05, 3.63) is 87.2 Å². The fraction of sp³-hybridized carbons (Fsp3) is 0.0800. The monoisotopic (exact) mass is 527 g/mol. The quantitative estimate of drug-likeness (QED) is 0.399. The number of amides is 2. The molecule has 0 spiro atoms. The number of hydrogen-bond acceptors (Lipinski definition) is 6. The predicted octanol–water partition coefficient (Wildman–Crippen LogP) is 5.67. The summed E-state index contributed by atoms with van der Waals surface area (Å²) in [6.45, 7) is -0.272. The van der Waals surface area contributed by atoms with Gasteiger partial charge in [-0.15, -0.1) is 0 Å². The van der Waals surface area contributed by atoms with Crippen molar-refractivity contribution < 1.29 is 19.1 Å². The number of nitrogens with zero attached hydrogens (tertiary/aromatic N) is 2. The van der Waals surface area contributed by atoms with E-state index in [0.717, 1.165) is 0 Å². The van der Waals surface area contributed by atoms with E-state index in [-0.39, 0.29) is 12.5 Å². The minimum Gasteiger partial charge on any atom is -0.493 e. The number of anilines is 1.